The Kier molecular flexibility index (Phi) is 7.87. The molecule has 2 heteroatoms. The van der Waals surface area contributed by atoms with Crippen LogP contribution in [-0.4, -0.2) is 37.6 Å². The van der Waals surface area contributed by atoms with Crippen LogP contribution in [0, 0.1) is 0 Å². The van der Waals surface area contributed by atoms with E-state index >= 15 is 0 Å². The Morgan fingerprint density at radius 1 is 1.06 bits per heavy atom. The number of unbranched alkanes of at least 4 members (excludes halogenated alkanes) is 3. The van der Waals surface area contributed by atoms with Crippen molar-refractivity contribution >= 4 is 0 Å². The van der Waals surface area contributed by atoms with Crippen LogP contribution in [0.5, 0.6) is 0 Å². The van der Waals surface area contributed by atoms with E-state index in [9.17, 15) is 0 Å². The van der Waals surface area contributed by atoms with Crippen molar-refractivity contribution in [3.8, 4) is 0 Å². The number of hydrogen-bond donors (Lipinski definition) is 1. The number of rotatable bonds is 9. The van der Waals surface area contributed by atoms with Gasteiger partial charge in [-0.3, -0.25) is 0 Å². The molecule has 0 aromatic heterocycles. The van der Waals surface area contributed by atoms with Crippen molar-refractivity contribution in [2.75, 3.05) is 26.7 Å². The lowest BCUT2D eigenvalue weighted by molar-refractivity contribution is 0.240. The Balaban J connectivity index is 1.86. The van der Waals surface area contributed by atoms with E-state index in [1.807, 2.05) is 0 Å². The fourth-order valence-electron chi connectivity index (χ4n) is 2.67. The van der Waals surface area contributed by atoms with Crippen LogP contribution in [0.2, 0.25) is 0 Å². The molecule has 0 heterocycles. The third-order valence-corrected chi connectivity index (χ3v) is 3.81. The van der Waals surface area contributed by atoms with Gasteiger partial charge in [0.2, 0.25) is 0 Å². The highest BCUT2D eigenvalue weighted by molar-refractivity contribution is 4.74. The topological polar surface area (TPSA) is 15.3 Å². The van der Waals surface area contributed by atoms with Crippen molar-refractivity contribution < 1.29 is 0 Å². The molecule has 0 aliphatic heterocycles. The minimum Gasteiger partial charge on any atom is -0.317 e. The van der Waals surface area contributed by atoms with Crippen LogP contribution in [0.1, 0.15) is 58.3 Å². The van der Waals surface area contributed by atoms with E-state index < -0.39 is 0 Å². The van der Waals surface area contributed by atoms with Crippen molar-refractivity contribution in [3.05, 3.63) is 0 Å². The molecule has 0 aromatic carbocycles. The lowest BCUT2D eigenvalue weighted by Crippen LogP contribution is -2.29. The molecule has 0 amide bonds. The normalized spacial score (nSPS) is 17.4. The van der Waals surface area contributed by atoms with E-state index in [0.717, 1.165) is 12.6 Å². The first-order valence-electron chi connectivity index (χ1n) is 7.25. The summed E-state index contributed by atoms with van der Waals surface area (Å²) < 4.78 is 0. The molecule has 0 spiro atoms. The molecule has 1 N–H and O–H groups in total. The summed E-state index contributed by atoms with van der Waals surface area (Å²) in [6.07, 6.45) is 11.3. The first-order chi connectivity index (χ1) is 7.84. The first-order valence-corrected chi connectivity index (χ1v) is 7.25. The number of nitrogens with zero attached hydrogens (tertiary/aromatic N) is 1. The fraction of sp³-hybridized carbons (Fsp3) is 1.00. The Morgan fingerprint density at radius 2 is 1.75 bits per heavy atom. The molecular weight excluding hydrogens is 196 g/mol. The summed E-state index contributed by atoms with van der Waals surface area (Å²) in [5.74, 6) is 0. The average molecular weight is 226 g/mol. The molecule has 0 radical (unpaired) electrons. The summed E-state index contributed by atoms with van der Waals surface area (Å²) in [7, 11) is 2.31. The maximum absolute atomic E-state index is 3.38. The minimum absolute atomic E-state index is 0.904. The van der Waals surface area contributed by atoms with Gasteiger partial charge in [0.1, 0.15) is 0 Å². The van der Waals surface area contributed by atoms with Gasteiger partial charge in [-0.05, 0) is 52.4 Å². The average Bonchev–Trinajstić information content (AvgIpc) is 2.81. The van der Waals surface area contributed by atoms with Crippen molar-refractivity contribution in [2.24, 2.45) is 0 Å². The van der Waals surface area contributed by atoms with Gasteiger partial charge in [0.15, 0.2) is 0 Å². The SMILES string of the molecule is CCNCCCCCCN(C)C1CCCC1. The molecule has 1 saturated carbocycles. The zero-order valence-electron chi connectivity index (χ0n) is 11.3. The van der Waals surface area contributed by atoms with Gasteiger partial charge in [-0.1, -0.05) is 32.6 Å². The monoisotopic (exact) mass is 226 g/mol. The lowest BCUT2D eigenvalue weighted by Gasteiger charge is -2.23. The molecule has 16 heavy (non-hydrogen) atoms. The maximum Gasteiger partial charge on any atom is 0.00922 e. The zero-order chi connectivity index (χ0) is 11.6. The van der Waals surface area contributed by atoms with E-state index in [0.29, 0.717) is 0 Å². The Morgan fingerprint density at radius 3 is 2.44 bits per heavy atom. The molecule has 0 atom stereocenters. The van der Waals surface area contributed by atoms with Gasteiger partial charge in [0.25, 0.3) is 0 Å². The molecule has 96 valence electrons. The predicted molar refractivity (Wildman–Crippen MR) is 71.9 cm³/mol. The van der Waals surface area contributed by atoms with Crippen LogP contribution in [0.3, 0.4) is 0 Å². The minimum atomic E-state index is 0.904. The molecule has 0 bridgehead atoms. The first kappa shape index (κ1) is 14.0. The van der Waals surface area contributed by atoms with E-state index in [1.165, 1.54) is 64.5 Å². The van der Waals surface area contributed by atoms with Crippen LogP contribution in [0.15, 0.2) is 0 Å². The summed E-state index contributed by atoms with van der Waals surface area (Å²) >= 11 is 0. The summed E-state index contributed by atoms with van der Waals surface area (Å²) in [4.78, 5) is 2.59. The molecule has 1 fully saturated rings. The molecule has 1 rings (SSSR count). The van der Waals surface area contributed by atoms with Crippen LogP contribution in [0.4, 0.5) is 0 Å². The smallest absolute Gasteiger partial charge is 0.00922 e. The highest BCUT2D eigenvalue weighted by atomic mass is 15.1. The van der Waals surface area contributed by atoms with Gasteiger partial charge in [-0.15, -0.1) is 0 Å². The molecule has 0 unspecified atom stereocenters. The van der Waals surface area contributed by atoms with Crippen molar-refractivity contribution in [1.29, 1.82) is 0 Å². The van der Waals surface area contributed by atoms with Crippen molar-refractivity contribution in [3.63, 3.8) is 0 Å². The van der Waals surface area contributed by atoms with Crippen LogP contribution in [-0.2, 0) is 0 Å². The molecular formula is C14H30N2. The standard InChI is InChI=1S/C14H30N2/c1-3-15-12-8-4-5-9-13-16(2)14-10-6-7-11-14/h14-15H,3-13H2,1-2H3. The highest BCUT2D eigenvalue weighted by Crippen LogP contribution is 2.22. The lowest BCUT2D eigenvalue weighted by atomic mass is 10.1. The highest BCUT2D eigenvalue weighted by Gasteiger charge is 2.18. The summed E-state index contributed by atoms with van der Waals surface area (Å²) in [6, 6.07) is 0.904. The molecule has 1 aliphatic carbocycles. The van der Waals surface area contributed by atoms with E-state index in [2.05, 4.69) is 24.2 Å². The van der Waals surface area contributed by atoms with E-state index in [4.69, 9.17) is 0 Å². The second-order valence-electron chi connectivity index (χ2n) is 5.19. The van der Waals surface area contributed by atoms with Gasteiger partial charge in [0.05, 0.1) is 0 Å². The summed E-state index contributed by atoms with van der Waals surface area (Å²) in [5, 5.41) is 3.38. The number of hydrogen-bond acceptors (Lipinski definition) is 2. The third-order valence-electron chi connectivity index (χ3n) is 3.81. The second-order valence-corrected chi connectivity index (χ2v) is 5.19. The zero-order valence-corrected chi connectivity index (χ0v) is 11.3. The van der Waals surface area contributed by atoms with Crippen molar-refractivity contribution in [1.82, 2.24) is 10.2 Å². The Bertz CT molecular complexity index is 153. The second kappa shape index (κ2) is 9.00. The summed E-state index contributed by atoms with van der Waals surface area (Å²) in [5.41, 5.74) is 0. The van der Waals surface area contributed by atoms with E-state index in [1.54, 1.807) is 0 Å². The molecule has 1 aliphatic rings. The van der Waals surface area contributed by atoms with Crippen molar-refractivity contribution in [2.45, 2.75) is 64.3 Å². The molecule has 0 saturated heterocycles. The maximum atomic E-state index is 3.38. The van der Waals surface area contributed by atoms with Gasteiger partial charge in [-0.25, -0.2) is 0 Å². The van der Waals surface area contributed by atoms with Crippen LogP contribution >= 0.6 is 0 Å². The van der Waals surface area contributed by atoms with Crippen LogP contribution < -0.4 is 5.32 Å². The fourth-order valence-corrected chi connectivity index (χ4v) is 2.67. The van der Waals surface area contributed by atoms with Gasteiger partial charge < -0.3 is 10.2 Å². The molecule has 0 aromatic rings. The van der Waals surface area contributed by atoms with Crippen LogP contribution in [0.25, 0.3) is 0 Å². The van der Waals surface area contributed by atoms with Gasteiger partial charge in [-0.2, -0.15) is 0 Å². The van der Waals surface area contributed by atoms with E-state index in [-0.39, 0.29) is 0 Å². The third kappa shape index (κ3) is 5.86. The largest absolute Gasteiger partial charge is 0.317 e. The predicted octanol–water partition coefficient (Wildman–Crippen LogP) is 3.03. The van der Waals surface area contributed by atoms with Gasteiger partial charge >= 0.3 is 0 Å². The number of nitrogens with one attached hydrogen (secondary N) is 1. The summed E-state index contributed by atoms with van der Waals surface area (Å²) in [6.45, 7) is 5.81. The Hall–Kier alpha value is -0.0800. The molecule has 2 nitrogen and oxygen atoms in total. The Labute approximate surface area is 102 Å². The quantitative estimate of drug-likeness (QED) is 0.608. The van der Waals surface area contributed by atoms with Gasteiger partial charge in [0, 0.05) is 6.04 Å².